The van der Waals surface area contributed by atoms with Crippen molar-refractivity contribution in [2.45, 2.75) is 20.8 Å². The predicted octanol–water partition coefficient (Wildman–Crippen LogP) is 4.85. The number of anilines is 1. The third-order valence-corrected chi connectivity index (χ3v) is 4.25. The Morgan fingerprint density at radius 1 is 1.24 bits per heavy atom. The lowest BCUT2D eigenvalue weighted by molar-refractivity contribution is -0.112. The number of amides is 1. The molecule has 0 spiro atoms. The molecular formula is C20H19IN2O2. The van der Waals surface area contributed by atoms with Gasteiger partial charge in [0.25, 0.3) is 5.91 Å². The van der Waals surface area contributed by atoms with E-state index in [1.54, 1.807) is 6.08 Å². The number of hydrogen-bond donors (Lipinski definition) is 1. The highest BCUT2D eigenvalue weighted by Gasteiger charge is 2.11. The summed E-state index contributed by atoms with van der Waals surface area (Å²) in [4.78, 5) is 12.4. The molecule has 0 aromatic heterocycles. The molecule has 0 fully saturated rings. The molecular weight excluding hydrogens is 427 g/mol. The van der Waals surface area contributed by atoms with Crippen molar-refractivity contribution >= 4 is 40.3 Å². The second-order valence-corrected chi connectivity index (χ2v) is 6.79. The molecule has 1 N–H and O–H groups in total. The lowest BCUT2D eigenvalue weighted by Gasteiger charge is -2.08. The lowest BCUT2D eigenvalue weighted by atomic mass is 10.1. The first-order chi connectivity index (χ1) is 11.9. The van der Waals surface area contributed by atoms with Crippen molar-refractivity contribution < 1.29 is 9.53 Å². The van der Waals surface area contributed by atoms with Crippen molar-refractivity contribution in [1.29, 1.82) is 5.26 Å². The van der Waals surface area contributed by atoms with E-state index in [1.807, 2.05) is 63.2 Å². The van der Waals surface area contributed by atoms with Gasteiger partial charge < -0.3 is 10.1 Å². The van der Waals surface area contributed by atoms with E-state index >= 15 is 0 Å². The fourth-order valence-corrected chi connectivity index (χ4v) is 3.14. The zero-order chi connectivity index (χ0) is 18.4. The van der Waals surface area contributed by atoms with Gasteiger partial charge in [-0.1, -0.05) is 12.1 Å². The minimum absolute atomic E-state index is 0.0547. The summed E-state index contributed by atoms with van der Waals surface area (Å²) < 4.78 is 6.43. The molecule has 4 nitrogen and oxygen atoms in total. The first-order valence-corrected chi connectivity index (χ1v) is 8.94. The Morgan fingerprint density at radius 3 is 2.48 bits per heavy atom. The van der Waals surface area contributed by atoms with Crippen LogP contribution in [0.25, 0.3) is 6.08 Å². The molecule has 0 saturated heterocycles. The Balaban J connectivity index is 2.23. The van der Waals surface area contributed by atoms with Gasteiger partial charge in [0.15, 0.2) is 0 Å². The highest BCUT2D eigenvalue weighted by molar-refractivity contribution is 14.1. The number of carbonyl (C=O) groups is 1. The minimum Gasteiger partial charge on any atom is -0.493 e. The highest BCUT2D eigenvalue weighted by atomic mass is 127. The minimum atomic E-state index is -0.420. The summed E-state index contributed by atoms with van der Waals surface area (Å²) in [6.07, 6.45) is 1.58. The third-order valence-electron chi connectivity index (χ3n) is 3.41. The van der Waals surface area contributed by atoms with Crippen molar-refractivity contribution in [2.24, 2.45) is 0 Å². The molecule has 0 saturated carbocycles. The molecule has 0 atom stereocenters. The average molecular weight is 446 g/mol. The van der Waals surface area contributed by atoms with Crippen LogP contribution in [0.15, 0.2) is 42.0 Å². The number of nitriles is 1. The Morgan fingerprint density at radius 2 is 1.92 bits per heavy atom. The average Bonchev–Trinajstić information content (AvgIpc) is 2.54. The second kappa shape index (κ2) is 8.67. The van der Waals surface area contributed by atoms with E-state index in [4.69, 9.17) is 4.74 Å². The summed E-state index contributed by atoms with van der Waals surface area (Å²) in [5, 5.41) is 12.1. The molecule has 128 valence electrons. The number of halogens is 1. The molecule has 0 aliphatic carbocycles. The zero-order valence-electron chi connectivity index (χ0n) is 14.4. The third kappa shape index (κ3) is 5.33. The molecule has 2 aromatic carbocycles. The number of aryl methyl sites for hydroxylation is 2. The lowest BCUT2D eigenvalue weighted by Crippen LogP contribution is -2.13. The van der Waals surface area contributed by atoms with Crippen LogP contribution in [-0.2, 0) is 4.79 Å². The number of hydrogen-bond acceptors (Lipinski definition) is 3. The smallest absolute Gasteiger partial charge is 0.266 e. The first kappa shape index (κ1) is 19.0. The van der Waals surface area contributed by atoms with Gasteiger partial charge in [0.1, 0.15) is 17.4 Å². The van der Waals surface area contributed by atoms with Gasteiger partial charge in [-0.2, -0.15) is 5.26 Å². The Labute approximate surface area is 161 Å². The van der Waals surface area contributed by atoms with Gasteiger partial charge in [0.05, 0.1) is 10.2 Å². The normalized spacial score (nSPS) is 10.9. The van der Waals surface area contributed by atoms with Gasteiger partial charge in [0, 0.05) is 5.69 Å². The topological polar surface area (TPSA) is 62.1 Å². The van der Waals surface area contributed by atoms with Crippen molar-refractivity contribution in [3.05, 3.63) is 62.2 Å². The molecule has 2 rings (SSSR count). The van der Waals surface area contributed by atoms with Crippen molar-refractivity contribution in [3.8, 4) is 11.8 Å². The van der Waals surface area contributed by atoms with Gasteiger partial charge in [-0.15, -0.1) is 0 Å². The molecule has 0 heterocycles. The SMILES string of the molecule is CCOc1ccc(/C=C(/C#N)C(=O)Nc2cc(C)cc(C)c2)cc1I. The molecule has 25 heavy (non-hydrogen) atoms. The molecule has 0 bridgehead atoms. The maximum absolute atomic E-state index is 12.4. The van der Waals surface area contributed by atoms with Gasteiger partial charge in [-0.05, 0) is 90.4 Å². The van der Waals surface area contributed by atoms with Crippen LogP contribution < -0.4 is 10.1 Å². The summed E-state index contributed by atoms with van der Waals surface area (Å²) in [7, 11) is 0. The highest BCUT2D eigenvalue weighted by Crippen LogP contribution is 2.23. The Kier molecular flexibility index (Phi) is 6.59. The standard InChI is InChI=1S/C20H19IN2O2/c1-4-25-19-6-5-15(11-18(19)21)10-16(12-22)20(24)23-17-8-13(2)7-14(3)9-17/h5-11H,4H2,1-3H3,(H,23,24)/b16-10-. The summed E-state index contributed by atoms with van der Waals surface area (Å²) in [6, 6.07) is 13.3. The summed E-state index contributed by atoms with van der Waals surface area (Å²) in [5.41, 5.74) is 3.63. The monoisotopic (exact) mass is 446 g/mol. The predicted molar refractivity (Wildman–Crippen MR) is 108 cm³/mol. The van der Waals surface area contributed by atoms with E-state index < -0.39 is 5.91 Å². The van der Waals surface area contributed by atoms with Crippen molar-refractivity contribution in [2.75, 3.05) is 11.9 Å². The molecule has 0 unspecified atom stereocenters. The number of nitrogens with one attached hydrogen (secondary N) is 1. The molecule has 0 aliphatic rings. The van der Waals surface area contributed by atoms with Crippen LogP contribution in [0, 0.1) is 28.7 Å². The molecule has 1 amide bonds. The van der Waals surface area contributed by atoms with E-state index in [2.05, 4.69) is 27.9 Å². The Bertz CT molecular complexity index is 846. The molecule has 5 heteroatoms. The molecule has 0 radical (unpaired) electrons. The maximum atomic E-state index is 12.4. The van der Waals surface area contributed by atoms with E-state index in [0.717, 1.165) is 26.0 Å². The van der Waals surface area contributed by atoms with Crippen LogP contribution in [-0.4, -0.2) is 12.5 Å². The summed E-state index contributed by atoms with van der Waals surface area (Å²) >= 11 is 2.17. The Hall–Kier alpha value is -2.33. The first-order valence-electron chi connectivity index (χ1n) is 7.86. The fraction of sp³-hybridized carbons (Fsp3) is 0.200. The number of benzene rings is 2. The van der Waals surface area contributed by atoms with Crippen LogP contribution >= 0.6 is 22.6 Å². The van der Waals surface area contributed by atoms with Gasteiger partial charge in [0.2, 0.25) is 0 Å². The van der Waals surface area contributed by atoms with E-state index in [1.165, 1.54) is 0 Å². The van der Waals surface area contributed by atoms with Gasteiger partial charge in [-0.25, -0.2) is 0 Å². The quantitative estimate of drug-likeness (QED) is 0.406. The maximum Gasteiger partial charge on any atom is 0.266 e. The summed E-state index contributed by atoms with van der Waals surface area (Å²) in [6.45, 7) is 6.44. The van der Waals surface area contributed by atoms with Crippen LogP contribution in [0.3, 0.4) is 0 Å². The van der Waals surface area contributed by atoms with Gasteiger partial charge in [-0.3, -0.25) is 4.79 Å². The number of rotatable bonds is 5. The fourth-order valence-electron chi connectivity index (χ4n) is 2.44. The number of carbonyl (C=O) groups excluding carboxylic acids is 1. The van der Waals surface area contributed by atoms with E-state index in [9.17, 15) is 10.1 Å². The van der Waals surface area contributed by atoms with Crippen molar-refractivity contribution in [1.82, 2.24) is 0 Å². The number of nitrogens with zero attached hydrogens (tertiary/aromatic N) is 1. The molecule has 0 aliphatic heterocycles. The van der Waals surface area contributed by atoms with Gasteiger partial charge >= 0.3 is 0 Å². The van der Waals surface area contributed by atoms with Crippen LogP contribution in [0.5, 0.6) is 5.75 Å². The van der Waals surface area contributed by atoms with E-state index in [-0.39, 0.29) is 5.57 Å². The van der Waals surface area contributed by atoms with Crippen LogP contribution in [0.2, 0.25) is 0 Å². The van der Waals surface area contributed by atoms with Crippen molar-refractivity contribution in [3.63, 3.8) is 0 Å². The van der Waals surface area contributed by atoms with E-state index in [0.29, 0.717) is 12.3 Å². The zero-order valence-corrected chi connectivity index (χ0v) is 16.5. The largest absolute Gasteiger partial charge is 0.493 e. The van der Waals surface area contributed by atoms with Crippen LogP contribution in [0.4, 0.5) is 5.69 Å². The molecule has 2 aromatic rings. The summed E-state index contributed by atoms with van der Waals surface area (Å²) in [5.74, 6) is 0.370. The van der Waals surface area contributed by atoms with Crippen LogP contribution in [0.1, 0.15) is 23.6 Å². The second-order valence-electron chi connectivity index (χ2n) is 5.62. The number of ether oxygens (including phenoxy) is 1.